The SMILES string of the molecule is CCCC(=O)N(Cc1ccc(Cl)cc1)C(C)C(=O)NCCc1ccc(OC)cc1. The van der Waals surface area contributed by atoms with Crippen molar-refractivity contribution in [2.24, 2.45) is 0 Å². The standard InChI is InChI=1S/C23H29ClN2O3/c1-4-5-22(27)26(16-19-6-10-20(24)11-7-19)17(2)23(28)25-15-14-18-8-12-21(29-3)13-9-18/h6-13,17H,4-5,14-16H2,1-3H3,(H,25,28). The van der Waals surface area contributed by atoms with Crippen molar-refractivity contribution in [3.8, 4) is 5.75 Å². The fourth-order valence-electron chi connectivity index (χ4n) is 3.00. The summed E-state index contributed by atoms with van der Waals surface area (Å²) in [5.74, 6) is 0.621. The maximum Gasteiger partial charge on any atom is 0.242 e. The molecule has 156 valence electrons. The zero-order valence-electron chi connectivity index (χ0n) is 17.3. The highest BCUT2D eigenvalue weighted by Crippen LogP contribution is 2.15. The minimum absolute atomic E-state index is 0.0275. The number of nitrogens with zero attached hydrogens (tertiary/aromatic N) is 1. The minimum atomic E-state index is -0.555. The van der Waals surface area contributed by atoms with Crippen LogP contribution in [-0.4, -0.2) is 36.4 Å². The van der Waals surface area contributed by atoms with Crippen LogP contribution in [0.3, 0.4) is 0 Å². The molecule has 0 aliphatic rings. The number of nitrogens with one attached hydrogen (secondary N) is 1. The Hall–Kier alpha value is -2.53. The maximum atomic E-state index is 12.7. The van der Waals surface area contributed by atoms with Gasteiger partial charge in [0.05, 0.1) is 7.11 Å². The van der Waals surface area contributed by atoms with Crippen LogP contribution >= 0.6 is 11.6 Å². The number of benzene rings is 2. The number of amides is 2. The number of rotatable bonds is 10. The Morgan fingerprint density at radius 1 is 1.07 bits per heavy atom. The van der Waals surface area contributed by atoms with Crippen LogP contribution in [-0.2, 0) is 22.6 Å². The number of carbonyl (C=O) groups is 2. The second kappa shape index (κ2) is 11.5. The van der Waals surface area contributed by atoms with Crippen LogP contribution in [0.1, 0.15) is 37.8 Å². The van der Waals surface area contributed by atoms with E-state index in [1.54, 1.807) is 31.1 Å². The first kappa shape index (κ1) is 22.8. The molecule has 0 fully saturated rings. The molecule has 29 heavy (non-hydrogen) atoms. The van der Waals surface area contributed by atoms with Crippen molar-refractivity contribution in [3.63, 3.8) is 0 Å². The van der Waals surface area contributed by atoms with Gasteiger partial charge in [-0.05, 0) is 55.2 Å². The highest BCUT2D eigenvalue weighted by Gasteiger charge is 2.25. The molecular weight excluding hydrogens is 388 g/mol. The van der Waals surface area contributed by atoms with Gasteiger partial charge in [0.15, 0.2) is 0 Å². The molecule has 2 rings (SSSR count). The topological polar surface area (TPSA) is 58.6 Å². The Morgan fingerprint density at radius 2 is 1.69 bits per heavy atom. The van der Waals surface area contributed by atoms with E-state index in [1.807, 2.05) is 43.3 Å². The summed E-state index contributed by atoms with van der Waals surface area (Å²) in [4.78, 5) is 26.9. The summed E-state index contributed by atoms with van der Waals surface area (Å²) < 4.78 is 5.15. The van der Waals surface area contributed by atoms with Gasteiger partial charge >= 0.3 is 0 Å². The molecule has 0 aromatic heterocycles. The Labute approximate surface area is 178 Å². The van der Waals surface area contributed by atoms with Crippen molar-refractivity contribution in [1.82, 2.24) is 10.2 Å². The fraction of sp³-hybridized carbons (Fsp3) is 0.391. The molecule has 2 aromatic rings. The van der Waals surface area contributed by atoms with Crippen LogP contribution in [0.5, 0.6) is 5.75 Å². The Balaban J connectivity index is 1.96. The zero-order valence-corrected chi connectivity index (χ0v) is 18.0. The molecule has 1 unspecified atom stereocenters. The average molecular weight is 417 g/mol. The number of hydrogen-bond donors (Lipinski definition) is 1. The van der Waals surface area contributed by atoms with Gasteiger partial charge in [-0.25, -0.2) is 0 Å². The Morgan fingerprint density at radius 3 is 2.28 bits per heavy atom. The van der Waals surface area contributed by atoms with E-state index < -0.39 is 6.04 Å². The zero-order chi connectivity index (χ0) is 21.2. The van der Waals surface area contributed by atoms with Crippen LogP contribution in [0.25, 0.3) is 0 Å². The van der Waals surface area contributed by atoms with Crippen molar-refractivity contribution in [2.75, 3.05) is 13.7 Å². The monoisotopic (exact) mass is 416 g/mol. The van der Waals surface area contributed by atoms with Crippen LogP contribution < -0.4 is 10.1 Å². The third kappa shape index (κ3) is 7.09. The minimum Gasteiger partial charge on any atom is -0.497 e. The molecule has 0 aliphatic carbocycles. The molecule has 0 bridgehead atoms. The van der Waals surface area contributed by atoms with Gasteiger partial charge in [-0.2, -0.15) is 0 Å². The lowest BCUT2D eigenvalue weighted by atomic mass is 10.1. The third-order valence-electron chi connectivity index (χ3n) is 4.77. The lowest BCUT2D eigenvalue weighted by Crippen LogP contribution is -2.47. The molecule has 0 radical (unpaired) electrons. The smallest absolute Gasteiger partial charge is 0.242 e. The first-order valence-corrected chi connectivity index (χ1v) is 10.3. The highest BCUT2D eigenvalue weighted by molar-refractivity contribution is 6.30. The van der Waals surface area contributed by atoms with Crippen molar-refractivity contribution >= 4 is 23.4 Å². The van der Waals surface area contributed by atoms with E-state index in [0.717, 1.165) is 23.3 Å². The number of ether oxygens (including phenoxy) is 1. The van der Waals surface area contributed by atoms with E-state index >= 15 is 0 Å². The van der Waals surface area contributed by atoms with Gasteiger partial charge in [-0.3, -0.25) is 9.59 Å². The number of hydrogen-bond acceptors (Lipinski definition) is 3. The first-order chi connectivity index (χ1) is 13.9. The normalized spacial score (nSPS) is 11.6. The molecule has 1 atom stereocenters. The van der Waals surface area contributed by atoms with Gasteiger partial charge < -0.3 is 15.0 Å². The predicted molar refractivity (Wildman–Crippen MR) is 116 cm³/mol. The van der Waals surface area contributed by atoms with E-state index in [9.17, 15) is 9.59 Å². The molecule has 1 N–H and O–H groups in total. The van der Waals surface area contributed by atoms with Gasteiger partial charge in [0, 0.05) is 24.5 Å². The van der Waals surface area contributed by atoms with Gasteiger partial charge in [0.2, 0.25) is 11.8 Å². The lowest BCUT2D eigenvalue weighted by Gasteiger charge is -2.29. The number of carbonyl (C=O) groups excluding carboxylic acids is 2. The van der Waals surface area contributed by atoms with Crippen molar-refractivity contribution in [1.29, 1.82) is 0 Å². The molecule has 0 aliphatic heterocycles. The van der Waals surface area contributed by atoms with Crippen LogP contribution in [0.4, 0.5) is 0 Å². The summed E-state index contributed by atoms with van der Waals surface area (Å²) >= 11 is 5.95. The predicted octanol–water partition coefficient (Wildman–Crippen LogP) is 4.22. The molecule has 5 nitrogen and oxygen atoms in total. The van der Waals surface area contributed by atoms with Crippen LogP contribution in [0.2, 0.25) is 5.02 Å². The Kier molecular flexibility index (Phi) is 9.00. The highest BCUT2D eigenvalue weighted by atomic mass is 35.5. The molecule has 0 heterocycles. The molecule has 0 saturated heterocycles. The molecule has 0 spiro atoms. The van der Waals surface area contributed by atoms with Crippen LogP contribution in [0, 0.1) is 0 Å². The second-order valence-corrected chi connectivity index (χ2v) is 7.40. The summed E-state index contributed by atoms with van der Waals surface area (Å²) in [6, 6.07) is 14.5. The molecule has 0 saturated carbocycles. The molecular formula is C23H29ClN2O3. The molecule has 6 heteroatoms. The van der Waals surface area contributed by atoms with Crippen molar-refractivity contribution < 1.29 is 14.3 Å². The molecule has 2 aromatic carbocycles. The Bertz CT molecular complexity index is 791. The number of methoxy groups -OCH3 is 1. The summed E-state index contributed by atoms with van der Waals surface area (Å²) in [6.07, 6.45) is 1.86. The first-order valence-electron chi connectivity index (χ1n) is 9.89. The largest absolute Gasteiger partial charge is 0.497 e. The number of halogens is 1. The fourth-order valence-corrected chi connectivity index (χ4v) is 3.12. The van der Waals surface area contributed by atoms with Gasteiger partial charge in [-0.1, -0.05) is 42.8 Å². The summed E-state index contributed by atoms with van der Waals surface area (Å²) in [7, 11) is 1.63. The van der Waals surface area contributed by atoms with E-state index in [1.165, 1.54) is 0 Å². The van der Waals surface area contributed by atoms with E-state index in [2.05, 4.69) is 5.32 Å². The average Bonchev–Trinajstić information content (AvgIpc) is 2.73. The summed E-state index contributed by atoms with van der Waals surface area (Å²) in [5, 5.41) is 3.59. The van der Waals surface area contributed by atoms with Crippen LogP contribution in [0.15, 0.2) is 48.5 Å². The van der Waals surface area contributed by atoms with Crippen molar-refractivity contribution in [2.45, 2.75) is 45.7 Å². The molecule has 2 amide bonds. The lowest BCUT2D eigenvalue weighted by molar-refractivity contribution is -0.140. The quantitative estimate of drug-likeness (QED) is 0.630. The van der Waals surface area contributed by atoms with E-state index in [4.69, 9.17) is 16.3 Å². The van der Waals surface area contributed by atoms with Gasteiger partial charge in [0.1, 0.15) is 11.8 Å². The summed E-state index contributed by atoms with van der Waals surface area (Å²) in [5.41, 5.74) is 2.05. The van der Waals surface area contributed by atoms with Crippen molar-refractivity contribution in [3.05, 3.63) is 64.7 Å². The van der Waals surface area contributed by atoms with Gasteiger partial charge in [-0.15, -0.1) is 0 Å². The maximum absolute atomic E-state index is 12.7. The summed E-state index contributed by atoms with van der Waals surface area (Å²) in [6.45, 7) is 4.61. The van der Waals surface area contributed by atoms with E-state index in [-0.39, 0.29) is 11.8 Å². The van der Waals surface area contributed by atoms with E-state index in [0.29, 0.717) is 31.0 Å². The van der Waals surface area contributed by atoms with Gasteiger partial charge in [0.25, 0.3) is 0 Å². The third-order valence-corrected chi connectivity index (χ3v) is 5.02. The second-order valence-electron chi connectivity index (χ2n) is 6.96.